The number of nitro benzene ring substituents is 1. The fraction of sp³-hybridized carbons (Fsp3) is 0.455. The number of benzene rings is 1. The Kier molecular flexibility index (Phi) is 6.69. The van der Waals surface area contributed by atoms with E-state index in [0.717, 1.165) is 24.8 Å². The summed E-state index contributed by atoms with van der Waals surface area (Å²) in [5.41, 5.74) is 2.19. The van der Waals surface area contributed by atoms with Crippen LogP contribution in [0.15, 0.2) is 35.6 Å². The van der Waals surface area contributed by atoms with E-state index < -0.39 is 4.92 Å². The maximum atomic E-state index is 10.8. The number of nitro groups is 1. The SMILES string of the molecule is CC(C)/C=N/c1nc(OCCc2ccc([N+](=O)[O-])cc2)c2ncn(C3CCCCO3)c2n1. The van der Waals surface area contributed by atoms with E-state index in [1.54, 1.807) is 24.7 Å². The Morgan fingerprint density at radius 3 is 2.81 bits per heavy atom. The van der Waals surface area contributed by atoms with Crippen LogP contribution in [0.1, 0.15) is 44.9 Å². The quantitative estimate of drug-likeness (QED) is 0.290. The average molecular weight is 438 g/mol. The Bertz CT molecular complexity index is 1100. The van der Waals surface area contributed by atoms with Crippen molar-refractivity contribution in [1.82, 2.24) is 19.5 Å². The lowest BCUT2D eigenvalue weighted by Crippen LogP contribution is -2.17. The molecule has 32 heavy (non-hydrogen) atoms. The fourth-order valence-electron chi connectivity index (χ4n) is 3.46. The summed E-state index contributed by atoms with van der Waals surface area (Å²) in [6.07, 6.45) is 7.01. The van der Waals surface area contributed by atoms with Crippen LogP contribution in [0.5, 0.6) is 5.88 Å². The molecule has 1 saturated heterocycles. The van der Waals surface area contributed by atoms with Gasteiger partial charge >= 0.3 is 0 Å². The summed E-state index contributed by atoms with van der Waals surface area (Å²) in [4.78, 5) is 28.4. The van der Waals surface area contributed by atoms with Gasteiger partial charge in [0.25, 0.3) is 11.6 Å². The molecule has 0 spiro atoms. The largest absolute Gasteiger partial charge is 0.476 e. The smallest absolute Gasteiger partial charge is 0.269 e. The number of aromatic nitrogens is 4. The predicted octanol–water partition coefficient (Wildman–Crippen LogP) is 4.41. The number of fused-ring (bicyclic) bond motifs is 1. The molecule has 3 heterocycles. The van der Waals surface area contributed by atoms with Gasteiger partial charge in [-0.25, -0.2) is 9.98 Å². The van der Waals surface area contributed by atoms with Crippen molar-refractivity contribution < 1.29 is 14.4 Å². The molecule has 0 N–H and O–H groups in total. The Hall–Kier alpha value is -3.40. The third kappa shape index (κ3) is 5.08. The Morgan fingerprint density at radius 2 is 2.12 bits per heavy atom. The number of hydrogen-bond donors (Lipinski definition) is 0. The van der Waals surface area contributed by atoms with Gasteiger partial charge < -0.3 is 9.47 Å². The van der Waals surface area contributed by atoms with Crippen molar-refractivity contribution in [3.8, 4) is 5.88 Å². The molecule has 1 aliphatic rings. The number of nitrogens with zero attached hydrogens (tertiary/aromatic N) is 6. The lowest BCUT2D eigenvalue weighted by Gasteiger charge is -2.23. The monoisotopic (exact) mass is 438 g/mol. The van der Waals surface area contributed by atoms with Crippen molar-refractivity contribution in [3.63, 3.8) is 0 Å². The summed E-state index contributed by atoms with van der Waals surface area (Å²) in [7, 11) is 0. The molecule has 10 heteroatoms. The van der Waals surface area contributed by atoms with Gasteiger partial charge in [-0.1, -0.05) is 26.0 Å². The predicted molar refractivity (Wildman–Crippen MR) is 119 cm³/mol. The third-order valence-corrected chi connectivity index (χ3v) is 5.11. The molecule has 1 aliphatic heterocycles. The van der Waals surface area contributed by atoms with E-state index >= 15 is 0 Å². The zero-order valence-corrected chi connectivity index (χ0v) is 18.2. The standard InChI is InChI=1S/C22H26N6O4/c1-15(2)13-23-22-25-20-19(24-14-27(20)18-5-3-4-11-31-18)21(26-22)32-12-10-16-6-8-17(9-7-16)28(29)30/h6-9,13-15,18H,3-5,10-12H2,1-2H3/b23-13+. The van der Waals surface area contributed by atoms with E-state index in [4.69, 9.17) is 9.47 Å². The van der Waals surface area contributed by atoms with Gasteiger partial charge in [0.1, 0.15) is 6.23 Å². The highest BCUT2D eigenvalue weighted by Gasteiger charge is 2.22. The lowest BCUT2D eigenvalue weighted by molar-refractivity contribution is -0.384. The maximum Gasteiger partial charge on any atom is 0.269 e. The first kappa shape index (κ1) is 21.8. The van der Waals surface area contributed by atoms with Crippen molar-refractivity contribution in [3.05, 3.63) is 46.3 Å². The Morgan fingerprint density at radius 1 is 1.31 bits per heavy atom. The summed E-state index contributed by atoms with van der Waals surface area (Å²) in [5.74, 6) is 0.934. The average Bonchev–Trinajstić information content (AvgIpc) is 3.23. The molecule has 0 aliphatic carbocycles. The molecule has 0 amide bonds. The van der Waals surface area contributed by atoms with Gasteiger partial charge in [0.15, 0.2) is 11.2 Å². The summed E-state index contributed by atoms with van der Waals surface area (Å²) in [6, 6.07) is 6.43. The summed E-state index contributed by atoms with van der Waals surface area (Å²) < 4.78 is 13.8. The number of imidazole rings is 1. The van der Waals surface area contributed by atoms with Gasteiger partial charge in [-0.15, -0.1) is 0 Å². The molecular weight excluding hydrogens is 412 g/mol. The van der Waals surface area contributed by atoms with Crippen molar-refractivity contribution in [1.29, 1.82) is 0 Å². The molecule has 0 bridgehead atoms. The van der Waals surface area contributed by atoms with Crippen molar-refractivity contribution >= 4 is 29.0 Å². The minimum atomic E-state index is -0.413. The second kappa shape index (κ2) is 9.82. The highest BCUT2D eigenvalue weighted by atomic mass is 16.6. The van der Waals surface area contributed by atoms with Crippen LogP contribution in [0.25, 0.3) is 11.2 Å². The van der Waals surface area contributed by atoms with E-state index in [1.165, 1.54) is 12.1 Å². The molecular formula is C22H26N6O4. The molecule has 4 rings (SSSR count). The molecule has 1 fully saturated rings. The zero-order valence-electron chi connectivity index (χ0n) is 18.2. The molecule has 10 nitrogen and oxygen atoms in total. The van der Waals surface area contributed by atoms with Crippen molar-refractivity contribution in [2.45, 2.75) is 45.8 Å². The van der Waals surface area contributed by atoms with Crippen LogP contribution < -0.4 is 4.74 Å². The number of rotatable bonds is 8. The Balaban J connectivity index is 1.57. The van der Waals surface area contributed by atoms with E-state index in [2.05, 4.69) is 19.9 Å². The van der Waals surface area contributed by atoms with Gasteiger partial charge in [0, 0.05) is 31.4 Å². The van der Waals surface area contributed by atoms with Gasteiger partial charge in [0.2, 0.25) is 5.88 Å². The topological polar surface area (TPSA) is 118 Å². The number of ether oxygens (including phenoxy) is 2. The molecule has 2 aromatic heterocycles. The number of non-ortho nitro benzene ring substituents is 1. The van der Waals surface area contributed by atoms with E-state index in [1.807, 2.05) is 18.4 Å². The number of hydrogen-bond acceptors (Lipinski definition) is 8. The summed E-state index contributed by atoms with van der Waals surface area (Å²) in [5, 5.41) is 10.8. The minimum Gasteiger partial charge on any atom is -0.476 e. The molecule has 1 aromatic carbocycles. The molecule has 1 atom stereocenters. The zero-order chi connectivity index (χ0) is 22.5. The second-order valence-corrected chi connectivity index (χ2v) is 8.02. The molecule has 1 unspecified atom stereocenters. The van der Waals surface area contributed by atoms with Crippen molar-refractivity contribution in [2.75, 3.05) is 13.2 Å². The van der Waals surface area contributed by atoms with E-state index in [9.17, 15) is 10.1 Å². The molecule has 168 valence electrons. The van der Waals surface area contributed by atoms with Crippen LogP contribution in [0.3, 0.4) is 0 Å². The highest BCUT2D eigenvalue weighted by Crippen LogP contribution is 2.30. The first-order chi connectivity index (χ1) is 15.5. The van der Waals surface area contributed by atoms with E-state index in [-0.39, 0.29) is 17.8 Å². The summed E-state index contributed by atoms with van der Waals surface area (Å²) >= 11 is 0. The Labute approximate surface area is 185 Å². The molecule has 3 aromatic rings. The van der Waals surface area contributed by atoms with Gasteiger partial charge in [0.05, 0.1) is 17.9 Å². The first-order valence-electron chi connectivity index (χ1n) is 10.8. The maximum absolute atomic E-state index is 10.8. The van der Waals surface area contributed by atoms with Crippen LogP contribution in [-0.2, 0) is 11.2 Å². The minimum absolute atomic E-state index is 0.0651. The van der Waals surface area contributed by atoms with Crippen LogP contribution >= 0.6 is 0 Å². The van der Waals surface area contributed by atoms with Gasteiger partial charge in [-0.05, 0) is 30.7 Å². The van der Waals surface area contributed by atoms with Crippen LogP contribution in [0, 0.1) is 16.0 Å². The second-order valence-electron chi connectivity index (χ2n) is 8.02. The third-order valence-electron chi connectivity index (χ3n) is 5.11. The molecule has 0 radical (unpaired) electrons. The van der Waals surface area contributed by atoms with Gasteiger partial charge in [-0.2, -0.15) is 9.97 Å². The lowest BCUT2D eigenvalue weighted by atomic mass is 10.1. The summed E-state index contributed by atoms with van der Waals surface area (Å²) in [6.45, 7) is 5.12. The first-order valence-corrected chi connectivity index (χ1v) is 10.8. The highest BCUT2D eigenvalue weighted by molar-refractivity contribution is 5.78. The van der Waals surface area contributed by atoms with E-state index in [0.29, 0.717) is 42.6 Å². The van der Waals surface area contributed by atoms with Gasteiger partial charge in [-0.3, -0.25) is 14.7 Å². The molecule has 0 saturated carbocycles. The fourth-order valence-corrected chi connectivity index (χ4v) is 3.46. The number of aliphatic imine (C=N–C) groups is 1. The normalized spacial score (nSPS) is 16.8. The van der Waals surface area contributed by atoms with Crippen LogP contribution in [0.2, 0.25) is 0 Å². The van der Waals surface area contributed by atoms with Crippen LogP contribution in [0.4, 0.5) is 11.6 Å². The van der Waals surface area contributed by atoms with Crippen LogP contribution in [-0.4, -0.2) is 43.9 Å². The van der Waals surface area contributed by atoms with Crippen molar-refractivity contribution in [2.24, 2.45) is 10.9 Å².